The summed E-state index contributed by atoms with van der Waals surface area (Å²) in [6.07, 6.45) is 2.32. The molecule has 30 heavy (non-hydrogen) atoms. The molecule has 0 radical (unpaired) electrons. The molecule has 0 bridgehead atoms. The van der Waals surface area contributed by atoms with Crippen molar-refractivity contribution in [2.75, 3.05) is 0 Å². The molecule has 1 aliphatic rings. The maximum absolute atomic E-state index is 14.4. The van der Waals surface area contributed by atoms with Gasteiger partial charge < -0.3 is 10.6 Å². The van der Waals surface area contributed by atoms with E-state index < -0.39 is 23.7 Å². The number of hydrogen-bond donors (Lipinski definition) is 1. The predicted octanol–water partition coefficient (Wildman–Crippen LogP) is 4.57. The number of amides is 2. The van der Waals surface area contributed by atoms with Gasteiger partial charge in [-0.15, -0.1) is 0 Å². The Hall–Kier alpha value is -3.47. The Kier molecular flexibility index (Phi) is 5.61. The van der Waals surface area contributed by atoms with Crippen molar-refractivity contribution in [3.05, 3.63) is 107 Å². The number of nitrogens with zero attached hydrogens (tertiary/aromatic N) is 1. The van der Waals surface area contributed by atoms with Gasteiger partial charge in [-0.2, -0.15) is 0 Å². The SMILES string of the molecule is NC(=O)[C@@H](c1ccccc1)N(Cc1cccc(C2CC2)c1)C(=O)c1ccccc1F. The number of carbonyl (C=O) groups excluding carboxylic acids is 2. The van der Waals surface area contributed by atoms with E-state index in [9.17, 15) is 14.0 Å². The molecule has 1 saturated carbocycles. The van der Waals surface area contributed by atoms with Gasteiger partial charge in [0.1, 0.15) is 11.9 Å². The van der Waals surface area contributed by atoms with Gasteiger partial charge in [0.25, 0.3) is 5.91 Å². The number of carbonyl (C=O) groups is 2. The van der Waals surface area contributed by atoms with Crippen molar-refractivity contribution >= 4 is 11.8 Å². The van der Waals surface area contributed by atoms with Crippen LogP contribution in [0.3, 0.4) is 0 Å². The zero-order valence-corrected chi connectivity index (χ0v) is 16.5. The van der Waals surface area contributed by atoms with Crippen LogP contribution in [0.15, 0.2) is 78.9 Å². The number of rotatable bonds is 7. The summed E-state index contributed by atoms with van der Waals surface area (Å²) in [5.41, 5.74) is 8.35. The second kappa shape index (κ2) is 8.49. The molecule has 3 aromatic rings. The summed E-state index contributed by atoms with van der Waals surface area (Å²) in [6.45, 7) is 0.149. The minimum atomic E-state index is -1.01. The summed E-state index contributed by atoms with van der Waals surface area (Å²) in [7, 11) is 0. The van der Waals surface area contributed by atoms with E-state index in [4.69, 9.17) is 5.73 Å². The van der Waals surface area contributed by atoms with Crippen molar-refractivity contribution in [2.45, 2.75) is 31.3 Å². The third kappa shape index (κ3) is 4.25. The summed E-state index contributed by atoms with van der Waals surface area (Å²) in [6, 6.07) is 21.7. The van der Waals surface area contributed by atoms with Crippen LogP contribution in [-0.4, -0.2) is 16.7 Å². The lowest BCUT2D eigenvalue weighted by Crippen LogP contribution is -2.41. The Morgan fingerprint density at radius 2 is 1.67 bits per heavy atom. The van der Waals surface area contributed by atoms with Crippen LogP contribution < -0.4 is 5.73 Å². The van der Waals surface area contributed by atoms with E-state index in [1.54, 1.807) is 30.3 Å². The van der Waals surface area contributed by atoms with E-state index in [2.05, 4.69) is 12.1 Å². The zero-order chi connectivity index (χ0) is 21.1. The fourth-order valence-corrected chi connectivity index (χ4v) is 3.76. The van der Waals surface area contributed by atoms with Crippen molar-refractivity contribution in [1.82, 2.24) is 4.90 Å². The quantitative estimate of drug-likeness (QED) is 0.629. The fourth-order valence-electron chi connectivity index (χ4n) is 3.76. The summed E-state index contributed by atoms with van der Waals surface area (Å²) in [5.74, 6) is -1.31. The normalized spacial score (nSPS) is 14.2. The predicted molar refractivity (Wildman–Crippen MR) is 113 cm³/mol. The molecule has 0 aromatic heterocycles. The molecule has 2 amide bonds. The van der Waals surface area contributed by atoms with Gasteiger partial charge in [-0.3, -0.25) is 9.59 Å². The Morgan fingerprint density at radius 3 is 2.33 bits per heavy atom. The maximum atomic E-state index is 14.4. The molecule has 2 N–H and O–H groups in total. The van der Waals surface area contributed by atoms with Crippen LogP contribution in [0.1, 0.15) is 51.8 Å². The Balaban J connectivity index is 1.75. The molecular formula is C25H23FN2O2. The lowest BCUT2D eigenvalue weighted by atomic mass is 10.0. The first-order chi connectivity index (χ1) is 14.5. The van der Waals surface area contributed by atoms with Crippen LogP contribution in [0.4, 0.5) is 4.39 Å². The average molecular weight is 402 g/mol. The molecular weight excluding hydrogens is 379 g/mol. The summed E-state index contributed by atoms with van der Waals surface area (Å²) in [5, 5.41) is 0. The van der Waals surface area contributed by atoms with Gasteiger partial charge in [0.15, 0.2) is 0 Å². The number of hydrogen-bond acceptors (Lipinski definition) is 2. The van der Waals surface area contributed by atoms with E-state index >= 15 is 0 Å². The minimum absolute atomic E-state index is 0.0852. The monoisotopic (exact) mass is 402 g/mol. The standard InChI is InChI=1S/C25H23FN2O2/c26-22-12-5-4-11-21(22)25(30)28(23(24(27)29)19-8-2-1-3-9-19)16-17-7-6-10-20(15-17)18-13-14-18/h1-12,15,18,23H,13-14,16H2,(H2,27,29)/t23-/m1/s1. The van der Waals surface area contributed by atoms with E-state index in [1.165, 1.54) is 28.7 Å². The number of halogens is 1. The maximum Gasteiger partial charge on any atom is 0.258 e. The lowest BCUT2D eigenvalue weighted by molar-refractivity contribution is -0.122. The van der Waals surface area contributed by atoms with Gasteiger partial charge in [-0.05, 0) is 47.6 Å². The van der Waals surface area contributed by atoms with Gasteiger partial charge in [0.2, 0.25) is 5.91 Å². The zero-order valence-electron chi connectivity index (χ0n) is 16.5. The van der Waals surface area contributed by atoms with E-state index in [0.717, 1.165) is 18.4 Å². The third-order valence-electron chi connectivity index (χ3n) is 5.41. The second-order valence-corrected chi connectivity index (χ2v) is 7.65. The Bertz CT molecular complexity index is 1060. The summed E-state index contributed by atoms with van der Waals surface area (Å²) < 4.78 is 14.4. The van der Waals surface area contributed by atoms with Crippen LogP contribution >= 0.6 is 0 Å². The Morgan fingerprint density at radius 1 is 0.967 bits per heavy atom. The van der Waals surface area contributed by atoms with Crippen molar-refractivity contribution in [3.63, 3.8) is 0 Å². The molecule has 0 saturated heterocycles. The van der Waals surface area contributed by atoms with Gasteiger partial charge in [0, 0.05) is 6.54 Å². The van der Waals surface area contributed by atoms with Crippen molar-refractivity contribution in [1.29, 1.82) is 0 Å². The van der Waals surface area contributed by atoms with E-state index in [1.807, 2.05) is 18.2 Å². The third-order valence-corrected chi connectivity index (χ3v) is 5.41. The van der Waals surface area contributed by atoms with Crippen molar-refractivity contribution < 1.29 is 14.0 Å². The Labute approximate surface area is 175 Å². The molecule has 4 rings (SSSR count). The van der Waals surface area contributed by atoms with Crippen molar-refractivity contribution in [2.24, 2.45) is 5.73 Å². The molecule has 1 aliphatic carbocycles. The van der Waals surface area contributed by atoms with Gasteiger partial charge in [0.05, 0.1) is 5.56 Å². The van der Waals surface area contributed by atoms with Gasteiger partial charge in [-0.1, -0.05) is 66.7 Å². The summed E-state index contributed by atoms with van der Waals surface area (Å²) >= 11 is 0. The van der Waals surface area contributed by atoms with Crippen molar-refractivity contribution in [3.8, 4) is 0 Å². The number of nitrogens with two attached hydrogens (primary N) is 1. The highest BCUT2D eigenvalue weighted by Gasteiger charge is 2.32. The molecule has 0 unspecified atom stereocenters. The highest BCUT2D eigenvalue weighted by Crippen LogP contribution is 2.40. The van der Waals surface area contributed by atoms with Gasteiger partial charge in [-0.25, -0.2) is 4.39 Å². The lowest BCUT2D eigenvalue weighted by Gasteiger charge is -2.30. The fraction of sp³-hybridized carbons (Fsp3) is 0.200. The average Bonchev–Trinajstić information content (AvgIpc) is 3.59. The van der Waals surface area contributed by atoms with Gasteiger partial charge >= 0.3 is 0 Å². The van der Waals surface area contributed by atoms with E-state index in [-0.39, 0.29) is 12.1 Å². The first-order valence-electron chi connectivity index (χ1n) is 10.0. The minimum Gasteiger partial charge on any atom is -0.368 e. The first kappa shape index (κ1) is 19.8. The topological polar surface area (TPSA) is 63.4 Å². The van der Waals surface area contributed by atoms with Crippen LogP contribution in [-0.2, 0) is 11.3 Å². The number of benzene rings is 3. The molecule has 3 aromatic carbocycles. The van der Waals surface area contributed by atoms with Crippen LogP contribution in [0, 0.1) is 5.82 Å². The molecule has 0 spiro atoms. The van der Waals surface area contributed by atoms with Crippen LogP contribution in [0.5, 0.6) is 0 Å². The molecule has 1 fully saturated rings. The second-order valence-electron chi connectivity index (χ2n) is 7.65. The molecule has 0 heterocycles. The molecule has 0 aliphatic heterocycles. The molecule has 1 atom stereocenters. The highest BCUT2D eigenvalue weighted by atomic mass is 19.1. The van der Waals surface area contributed by atoms with E-state index in [0.29, 0.717) is 11.5 Å². The smallest absolute Gasteiger partial charge is 0.258 e. The molecule has 5 heteroatoms. The summed E-state index contributed by atoms with van der Waals surface area (Å²) in [4.78, 5) is 27.2. The number of primary amides is 1. The molecule has 152 valence electrons. The largest absolute Gasteiger partial charge is 0.368 e. The highest BCUT2D eigenvalue weighted by molar-refractivity contribution is 5.97. The van der Waals surface area contributed by atoms with Crippen LogP contribution in [0.2, 0.25) is 0 Å². The van der Waals surface area contributed by atoms with Crippen LogP contribution in [0.25, 0.3) is 0 Å². The molecule has 4 nitrogen and oxygen atoms in total. The first-order valence-corrected chi connectivity index (χ1v) is 10.0.